The summed E-state index contributed by atoms with van der Waals surface area (Å²) in [5.41, 5.74) is 12.8. The van der Waals surface area contributed by atoms with Gasteiger partial charge in [0.25, 0.3) is 0 Å². The lowest BCUT2D eigenvalue weighted by Crippen LogP contribution is -2.32. The van der Waals surface area contributed by atoms with Crippen LogP contribution in [0.25, 0.3) is 72.8 Å². The van der Waals surface area contributed by atoms with Gasteiger partial charge in [-0.2, -0.15) is 0 Å². The summed E-state index contributed by atoms with van der Waals surface area (Å²) in [6.07, 6.45) is 0. The minimum Gasteiger partial charge on any atom is -0.457 e. The molecule has 0 N–H and O–H groups in total. The van der Waals surface area contributed by atoms with Crippen LogP contribution in [-0.4, -0.2) is 19.5 Å². The summed E-state index contributed by atoms with van der Waals surface area (Å²) in [4.78, 5) is 15.1. The highest BCUT2D eigenvalue weighted by atomic mass is 16.5. The summed E-state index contributed by atoms with van der Waals surface area (Å²) in [7, 11) is 0. The fraction of sp³-hybridized carbons (Fsp3) is 0.0192. The van der Waals surface area contributed by atoms with E-state index < -0.39 is 5.41 Å². The van der Waals surface area contributed by atoms with Crippen molar-refractivity contribution in [2.45, 2.75) is 5.41 Å². The largest absolute Gasteiger partial charge is 0.457 e. The first-order valence-corrected chi connectivity index (χ1v) is 19.3. The normalized spacial score (nSPS) is 13.2. The van der Waals surface area contributed by atoms with Crippen molar-refractivity contribution in [3.63, 3.8) is 0 Å². The maximum absolute atomic E-state index is 6.91. The maximum Gasteiger partial charge on any atom is 0.164 e. The predicted molar refractivity (Wildman–Crippen MR) is 228 cm³/mol. The topological polar surface area (TPSA) is 52.8 Å². The van der Waals surface area contributed by atoms with Crippen LogP contribution in [0.4, 0.5) is 0 Å². The van der Waals surface area contributed by atoms with E-state index in [1.54, 1.807) is 0 Å². The Kier molecular flexibility index (Phi) is 6.78. The summed E-state index contributed by atoms with van der Waals surface area (Å²) in [6.45, 7) is 0. The van der Waals surface area contributed by atoms with Crippen LogP contribution in [0.5, 0.6) is 11.5 Å². The second kappa shape index (κ2) is 12.2. The molecule has 12 rings (SSSR count). The van der Waals surface area contributed by atoms with Crippen molar-refractivity contribution < 1.29 is 4.74 Å². The number of hydrogen-bond donors (Lipinski definition) is 0. The first-order chi connectivity index (χ1) is 28.3. The number of ether oxygens (including phenoxy) is 1. The molecular weight excluding hydrogens is 697 g/mol. The highest BCUT2D eigenvalue weighted by Crippen LogP contribution is 2.62. The van der Waals surface area contributed by atoms with E-state index in [1.807, 2.05) is 60.7 Å². The zero-order valence-electron chi connectivity index (χ0n) is 30.7. The minimum absolute atomic E-state index is 0.568. The molecule has 0 unspecified atom stereocenters. The van der Waals surface area contributed by atoms with Gasteiger partial charge in [-0.05, 0) is 58.7 Å². The molecule has 0 atom stereocenters. The van der Waals surface area contributed by atoms with Crippen LogP contribution in [0.2, 0.25) is 0 Å². The highest BCUT2D eigenvalue weighted by Gasteiger charge is 2.51. The summed E-state index contributed by atoms with van der Waals surface area (Å²) in [5.74, 6) is 3.64. The number of fused-ring (bicyclic) bond motifs is 12. The monoisotopic (exact) mass is 728 g/mol. The molecule has 0 saturated heterocycles. The van der Waals surface area contributed by atoms with Gasteiger partial charge in [-0.3, -0.25) is 0 Å². The Morgan fingerprint density at radius 1 is 0.368 bits per heavy atom. The molecule has 5 heteroatoms. The molecule has 266 valence electrons. The van der Waals surface area contributed by atoms with Crippen molar-refractivity contribution in [2.75, 3.05) is 0 Å². The molecule has 0 bridgehead atoms. The Bertz CT molecular complexity index is 3120. The van der Waals surface area contributed by atoms with Gasteiger partial charge in [0.1, 0.15) is 11.5 Å². The van der Waals surface area contributed by atoms with Gasteiger partial charge in [-0.25, -0.2) is 15.0 Å². The molecule has 0 amide bonds. The van der Waals surface area contributed by atoms with Crippen LogP contribution in [0, 0.1) is 0 Å². The third-order valence-electron chi connectivity index (χ3n) is 11.7. The lowest BCUT2D eigenvalue weighted by molar-refractivity contribution is 0.437. The molecule has 0 fully saturated rings. The van der Waals surface area contributed by atoms with Crippen LogP contribution < -0.4 is 4.74 Å². The predicted octanol–water partition coefficient (Wildman–Crippen LogP) is 12.4. The molecule has 57 heavy (non-hydrogen) atoms. The summed E-state index contributed by atoms with van der Waals surface area (Å²) in [6, 6.07) is 68.4. The van der Waals surface area contributed by atoms with Gasteiger partial charge in [-0.1, -0.05) is 158 Å². The molecule has 5 nitrogen and oxygen atoms in total. The fourth-order valence-corrected chi connectivity index (χ4v) is 9.32. The number of hydrogen-bond acceptors (Lipinski definition) is 4. The Balaban J connectivity index is 1.11. The van der Waals surface area contributed by atoms with E-state index in [-0.39, 0.29) is 0 Å². The standard InChI is InChI=1S/C52H32N4O/c1-3-16-33(17-4-1)49-53-50(34-18-5-2-6-19-34)55-51(54-49)35-20-15-21-36(30-35)56-45-28-13-9-24-39(45)40-31-48-44(32-46(40)56)52(43-27-12-14-29-47(43)57-48)41-25-10-7-22-37(41)38-23-8-11-26-42(38)52/h1-32H. The molecule has 0 saturated carbocycles. The SMILES string of the molecule is c1ccc(-c2nc(-c3ccccc3)nc(-c3cccc(-n4c5ccccc5c5cc6c(cc54)C4(c5ccccc5O6)c5ccccc5-c5ccccc54)c3)n2)cc1. The second-order valence-corrected chi connectivity index (χ2v) is 14.7. The van der Waals surface area contributed by atoms with Crippen molar-refractivity contribution in [1.82, 2.24) is 19.5 Å². The molecule has 8 aromatic carbocycles. The zero-order chi connectivity index (χ0) is 37.5. The first kappa shape index (κ1) is 31.7. The molecule has 2 aromatic heterocycles. The molecule has 1 spiro atoms. The van der Waals surface area contributed by atoms with Crippen LogP contribution in [0.15, 0.2) is 194 Å². The number of para-hydroxylation sites is 2. The molecule has 2 aliphatic rings. The van der Waals surface area contributed by atoms with Crippen molar-refractivity contribution in [1.29, 1.82) is 0 Å². The molecule has 10 aromatic rings. The smallest absolute Gasteiger partial charge is 0.164 e. The minimum atomic E-state index is -0.568. The van der Waals surface area contributed by atoms with Crippen LogP contribution in [0.1, 0.15) is 22.3 Å². The average molecular weight is 729 g/mol. The van der Waals surface area contributed by atoms with Gasteiger partial charge in [0.05, 0.1) is 16.4 Å². The Morgan fingerprint density at radius 3 is 1.60 bits per heavy atom. The van der Waals surface area contributed by atoms with E-state index in [0.29, 0.717) is 17.5 Å². The van der Waals surface area contributed by atoms with Gasteiger partial charge in [0.15, 0.2) is 17.5 Å². The number of rotatable bonds is 4. The average Bonchev–Trinajstić information content (AvgIpc) is 3.76. The fourth-order valence-electron chi connectivity index (χ4n) is 9.32. The van der Waals surface area contributed by atoms with Gasteiger partial charge >= 0.3 is 0 Å². The molecule has 0 radical (unpaired) electrons. The van der Waals surface area contributed by atoms with Gasteiger partial charge < -0.3 is 9.30 Å². The van der Waals surface area contributed by atoms with Crippen molar-refractivity contribution >= 4 is 21.8 Å². The van der Waals surface area contributed by atoms with E-state index in [4.69, 9.17) is 19.7 Å². The van der Waals surface area contributed by atoms with Crippen molar-refractivity contribution in [3.8, 4) is 62.5 Å². The Morgan fingerprint density at radius 2 is 0.912 bits per heavy atom. The van der Waals surface area contributed by atoms with Crippen LogP contribution in [-0.2, 0) is 5.41 Å². The number of aromatic nitrogens is 4. The summed E-state index contributed by atoms with van der Waals surface area (Å²) >= 11 is 0. The summed E-state index contributed by atoms with van der Waals surface area (Å²) < 4.78 is 9.29. The molecule has 3 heterocycles. The third kappa shape index (κ3) is 4.60. The highest BCUT2D eigenvalue weighted by molar-refractivity contribution is 6.10. The lowest BCUT2D eigenvalue weighted by atomic mass is 9.66. The second-order valence-electron chi connectivity index (χ2n) is 14.7. The molecular formula is C52H32N4O. The van der Waals surface area contributed by atoms with Crippen molar-refractivity contribution in [2.24, 2.45) is 0 Å². The van der Waals surface area contributed by atoms with E-state index in [0.717, 1.165) is 66.8 Å². The number of nitrogens with zero attached hydrogens (tertiary/aromatic N) is 4. The Hall–Kier alpha value is -7.63. The molecule has 1 aliphatic heterocycles. The lowest BCUT2D eigenvalue weighted by Gasteiger charge is -2.39. The maximum atomic E-state index is 6.91. The van der Waals surface area contributed by atoms with Gasteiger partial charge in [0.2, 0.25) is 0 Å². The molecule has 1 aliphatic carbocycles. The van der Waals surface area contributed by atoms with E-state index >= 15 is 0 Å². The van der Waals surface area contributed by atoms with Crippen LogP contribution >= 0.6 is 0 Å². The quantitative estimate of drug-likeness (QED) is 0.181. The van der Waals surface area contributed by atoms with Crippen LogP contribution in [0.3, 0.4) is 0 Å². The van der Waals surface area contributed by atoms with Gasteiger partial charge in [-0.15, -0.1) is 0 Å². The third-order valence-corrected chi connectivity index (χ3v) is 11.7. The van der Waals surface area contributed by atoms with E-state index in [2.05, 4.69) is 138 Å². The zero-order valence-corrected chi connectivity index (χ0v) is 30.7. The summed E-state index contributed by atoms with van der Waals surface area (Å²) in [5, 5.41) is 2.28. The van der Waals surface area contributed by atoms with E-state index in [9.17, 15) is 0 Å². The van der Waals surface area contributed by atoms with Crippen molar-refractivity contribution in [3.05, 3.63) is 216 Å². The Labute approximate surface area is 329 Å². The van der Waals surface area contributed by atoms with Gasteiger partial charge in [0, 0.05) is 44.3 Å². The number of benzene rings is 8. The first-order valence-electron chi connectivity index (χ1n) is 19.3. The van der Waals surface area contributed by atoms with E-state index in [1.165, 1.54) is 22.3 Å².